The van der Waals surface area contributed by atoms with E-state index in [1.165, 1.54) is 0 Å². The Morgan fingerprint density at radius 2 is 1.50 bits per heavy atom. The van der Waals surface area contributed by atoms with E-state index in [9.17, 15) is 25.5 Å². The second-order valence-corrected chi connectivity index (χ2v) is 6.76. The van der Waals surface area contributed by atoms with Crippen LogP contribution >= 0.6 is 0 Å². The van der Waals surface area contributed by atoms with Crippen LogP contribution in [0, 0.1) is 0 Å². The van der Waals surface area contributed by atoms with E-state index >= 15 is 0 Å². The molecule has 6 N–H and O–H groups in total. The van der Waals surface area contributed by atoms with Gasteiger partial charge in [0, 0.05) is 14.7 Å². The van der Waals surface area contributed by atoms with E-state index in [0.717, 1.165) is 0 Å². The Morgan fingerprint density at radius 3 is 2.07 bits per heavy atom. The van der Waals surface area contributed by atoms with Gasteiger partial charge in [0.15, 0.2) is 6.29 Å². The molecule has 2 rings (SSSR count). The molecule has 1 aliphatic heterocycles. The van der Waals surface area contributed by atoms with E-state index in [2.05, 4.69) is 30.1 Å². The van der Waals surface area contributed by atoms with Gasteiger partial charge in [-0.1, -0.05) is 15.3 Å². The van der Waals surface area contributed by atoms with Crippen molar-refractivity contribution in [2.45, 2.75) is 73.6 Å². The van der Waals surface area contributed by atoms with Crippen molar-refractivity contribution in [3.8, 4) is 0 Å². The molecule has 2 aliphatic rings. The Morgan fingerprint density at radius 1 is 0.900 bits per heavy atom. The van der Waals surface area contributed by atoms with E-state index in [0.29, 0.717) is 0 Å². The quantitative estimate of drug-likeness (QED) is 0.153. The molecule has 0 bridgehead atoms. The normalized spacial score (nSPS) is 42.2. The van der Waals surface area contributed by atoms with Crippen molar-refractivity contribution in [2.75, 3.05) is 6.61 Å². The molecule has 0 radical (unpaired) electrons. The molecule has 1 saturated heterocycles. The summed E-state index contributed by atoms with van der Waals surface area (Å²) in [5.74, 6) is 0. The molecule has 1 saturated carbocycles. The monoisotopic (exact) mass is 431 g/mol. The van der Waals surface area contributed by atoms with Gasteiger partial charge in [0.25, 0.3) is 0 Å². The topological polar surface area (TPSA) is 286 Å². The van der Waals surface area contributed by atoms with Crippen molar-refractivity contribution < 1.29 is 40.1 Å². The predicted molar refractivity (Wildman–Crippen MR) is 94.1 cm³/mol. The highest BCUT2D eigenvalue weighted by Gasteiger charge is 2.51. The lowest BCUT2D eigenvalue weighted by molar-refractivity contribution is -0.303. The smallest absolute Gasteiger partial charge is 0.169 e. The maximum atomic E-state index is 10.4. The number of ether oxygens (including phenoxy) is 2. The summed E-state index contributed by atoms with van der Waals surface area (Å²) in [6, 6.07) is -3.85. The van der Waals surface area contributed by atoms with Crippen LogP contribution < -0.4 is 0 Å². The van der Waals surface area contributed by atoms with E-state index in [1.807, 2.05) is 0 Å². The van der Waals surface area contributed by atoms with Crippen LogP contribution in [0.25, 0.3) is 31.3 Å². The molecule has 1 heterocycles. The fraction of sp³-hybridized carbons (Fsp3) is 1.00. The third-order valence-electron chi connectivity index (χ3n) is 4.99. The summed E-state index contributed by atoms with van der Waals surface area (Å²) >= 11 is 0. The van der Waals surface area contributed by atoms with Gasteiger partial charge in [0.05, 0.1) is 37.0 Å². The van der Waals surface area contributed by atoms with Crippen molar-refractivity contribution in [3.63, 3.8) is 0 Å². The van der Waals surface area contributed by atoms with E-state index in [4.69, 9.17) is 31.2 Å². The van der Waals surface area contributed by atoms with Crippen LogP contribution in [0.1, 0.15) is 6.42 Å². The van der Waals surface area contributed by atoms with Gasteiger partial charge in [-0.2, -0.15) is 0 Å². The average molecular weight is 431 g/mol. The minimum atomic E-state index is -1.79. The Bertz CT molecular complexity index is 740. The number of rotatable bonds is 7. The van der Waals surface area contributed by atoms with Crippen LogP contribution in [0.5, 0.6) is 0 Å². The second kappa shape index (κ2) is 10.6. The maximum Gasteiger partial charge on any atom is 0.169 e. The minimum Gasteiger partial charge on any atom is -0.394 e. The Balaban J connectivity index is 2.34. The van der Waals surface area contributed by atoms with Crippen molar-refractivity contribution in [1.82, 2.24) is 0 Å². The lowest BCUT2D eigenvalue weighted by Gasteiger charge is -2.46. The van der Waals surface area contributed by atoms with Gasteiger partial charge in [0.1, 0.15) is 30.5 Å². The van der Waals surface area contributed by atoms with Crippen molar-refractivity contribution in [3.05, 3.63) is 31.3 Å². The van der Waals surface area contributed by atoms with Crippen molar-refractivity contribution in [2.24, 2.45) is 15.3 Å². The van der Waals surface area contributed by atoms with Crippen LogP contribution in [0.15, 0.2) is 15.3 Å². The summed E-state index contributed by atoms with van der Waals surface area (Å²) < 4.78 is 10.9. The molecule has 0 aromatic rings. The zero-order chi connectivity index (χ0) is 22.4. The maximum absolute atomic E-state index is 10.4. The molecule has 166 valence electrons. The summed E-state index contributed by atoms with van der Waals surface area (Å²) in [6.07, 6.45) is -13.4. The van der Waals surface area contributed by atoms with Crippen LogP contribution in [-0.2, 0) is 9.47 Å². The number of azide groups is 3. The third kappa shape index (κ3) is 4.84. The van der Waals surface area contributed by atoms with Crippen molar-refractivity contribution in [1.29, 1.82) is 0 Å². The summed E-state index contributed by atoms with van der Waals surface area (Å²) in [4.78, 5) is 7.72. The third-order valence-corrected chi connectivity index (χ3v) is 4.99. The highest BCUT2D eigenvalue weighted by Crippen LogP contribution is 2.33. The minimum absolute atomic E-state index is 0.205. The molecule has 30 heavy (non-hydrogen) atoms. The van der Waals surface area contributed by atoms with Gasteiger partial charge >= 0.3 is 0 Å². The van der Waals surface area contributed by atoms with Crippen LogP contribution in [0.4, 0.5) is 0 Å². The van der Waals surface area contributed by atoms with Gasteiger partial charge in [0.2, 0.25) is 0 Å². The van der Waals surface area contributed by atoms with Crippen molar-refractivity contribution >= 4 is 0 Å². The molecule has 17 nitrogen and oxygen atoms in total. The lowest BCUT2D eigenvalue weighted by Crippen LogP contribution is -2.64. The van der Waals surface area contributed by atoms with E-state index in [-0.39, 0.29) is 6.42 Å². The molecule has 0 spiro atoms. The number of aliphatic hydroxyl groups is 6. The first-order chi connectivity index (χ1) is 14.3. The molecule has 1 aliphatic carbocycles. The standard InChI is InChI=1S/C13H21N9O8/c14-20-17-3-1-4(18-21-15)11(9(27)7(3)25)29-13-6(19-22-16)8(26)10(28)12(30-13)5(24)2-23/h3-13,23-28H,1-2H2/t3-,4?,5+,6?,7?,8-,9-,10+,11-,12?,13+/m1/s1. The van der Waals surface area contributed by atoms with Gasteiger partial charge in [-0.3, -0.25) is 0 Å². The number of hydrogen-bond acceptors (Lipinski definition) is 11. The predicted octanol–water partition coefficient (Wildman–Crippen LogP) is -1.67. The molecule has 0 aromatic carbocycles. The molecule has 0 amide bonds. The molecular formula is C13H21N9O8. The first-order valence-corrected chi connectivity index (χ1v) is 8.75. The lowest BCUT2D eigenvalue weighted by atomic mass is 9.84. The molecular weight excluding hydrogens is 410 g/mol. The van der Waals surface area contributed by atoms with Gasteiger partial charge in [-0.25, -0.2) is 0 Å². The Labute approximate surface area is 168 Å². The highest BCUT2D eigenvalue weighted by atomic mass is 16.7. The zero-order valence-electron chi connectivity index (χ0n) is 15.3. The summed E-state index contributed by atoms with van der Waals surface area (Å²) in [7, 11) is 0. The van der Waals surface area contributed by atoms with Gasteiger partial charge in [-0.05, 0) is 23.0 Å². The largest absolute Gasteiger partial charge is 0.394 e. The number of nitrogens with zero attached hydrogens (tertiary/aromatic N) is 9. The molecule has 2 fully saturated rings. The molecule has 11 atom stereocenters. The summed E-state index contributed by atoms with van der Waals surface area (Å²) in [5, 5.41) is 70.0. The van der Waals surface area contributed by atoms with Crippen LogP contribution in [-0.4, -0.2) is 104 Å². The molecule has 17 heteroatoms. The first kappa shape index (κ1) is 23.9. The molecule has 0 aromatic heterocycles. The summed E-state index contributed by atoms with van der Waals surface area (Å²) in [5.41, 5.74) is 26.1. The van der Waals surface area contributed by atoms with Gasteiger partial charge in [-0.15, -0.1) is 0 Å². The van der Waals surface area contributed by atoms with Crippen LogP contribution in [0.3, 0.4) is 0 Å². The number of hydrogen-bond donors (Lipinski definition) is 6. The Hall–Kier alpha value is -2.39. The molecule has 4 unspecified atom stereocenters. The Kier molecular flexibility index (Phi) is 8.43. The summed E-state index contributed by atoms with van der Waals surface area (Å²) in [6.45, 7) is -0.840. The van der Waals surface area contributed by atoms with E-state index in [1.54, 1.807) is 0 Å². The fourth-order valence-corrected chi connectivity index (χ4v) is 3.45. The zero-order valence-corrected chi connectivity index (χ0v) is 15.3. The van der Waals surface area contributed by atoms with Crippen LogP contribution in [0.2, 0.25) is 0 Å². The van der Waals surface area contributed by atoms with E-state index < -0.39 is 73.8 Å². The highest BCUT2D eigenvalue weighted by molar-refractivity contribution is 5.02. The SMILES string of the molecule is [N-]=[N+]=NC1[C@@H](O[C@@H]2C(N=[N+]=[N-])C[C@@H](N=[N+]=[N-])C(O)[C@H]2O)OC([C@@H](O)CO)[C@@H](O)[C@@H]1O. The first-order valence-electron chi connectivity index (χ1n) is 8.75. The second-order valence-electron chi connectivity index (χ2n) is 6.76. The van der Waals surface area contributed by atoms with Gasteiger partial charge < -0.3 is 40.1 Å². The fourth-order valence-electron chi connectivity index (χ4n) is 3.45. The number of aliphatic hydroxyl groups excluding tert-OH is 6. The average Bonchev–Trinajstić information content (AvgIpc) is 2.73.